The van der Waals surface area contributed by atoms with Gasteiger partial charge in [0.2, 0.25) is 25.9 Å². The number of fused-ring (bicyclic) bond motifs is 3. The van der Waals surface area contributed by atoms with Crippen molar-refractivity contribution in [1.29, 1.82) is 15.8 Å². The van der Waals surface area contributed by atoms with Gasteiger partial charge in [-0.1, -0.05) is 65.9 Å². The first-order valence-corrected chi connectivity index (χ1v) is 34.0. The third kappa shape index (κ3) is 16.2. The van der Waals surface area contributed by atoms with Crippen molar-refractivity contribution in [3.05, 3.63) is 138 Å². The number of rotatable bonds is 14. The van der Waals surface area contributed by atoms with Gasteiger partial charge in [-0.15, -0.1) is 20.4 Å². The molecule has 1 unspecified atom stereocenters. The Morgan fingerprint density at radius 2 is 1.35 bits per heavy atom. The minimum atomic E-state index is -5.01. The fraction of sp³-hybridized carbons (Fsp3) is 0.283. The van der Waals surface area contributed by atoms with E-state index in [1.54, 1.807) is 88.4 Å². The first-order chi connectivity index (χ1) is 46.5. The van der Waals surface area contributed by atoms with E-state index in [2.05, 4.69) is 40.0 Å². The molecule has 3 aromatic carbocycles. The molecule has 3 amide bonds. The Hall–Kier alpha value is -11.1. The lowest BCUT2D eigenvalue weighted by Crippen LogP contribution is -2.37. The number of benzene rings is 3. The van der Waals surface area contributed by atoms with Crippen LogP contribution in [-0.2, 0) is 38.0 Å². The van der Waals surface area contributed by atoms with Crippen molar-refractivity contribution in [2.24, 2.45) is 7.05 Å². The molecule has 30 nitrogen and oxygen atoms in total. The Balaban J connectivity index is 0.000000194. The van der Waals surface area contributed by atoms with Crippen molar-refractivity contribution in [2.45, 2.75) is 55.9 Å². The number of allylic oxidation sites excluding steroid dienone is 1. The fourth-order valence-electron chi connectivity index (χ4n) is 9.68. The van der Waals surface area contributed by atoms with Crippen LogP contribution in [0.25, 0.3) is 50.0 Å². The van der Waals surface area contributed by atoms with Crippen molar-refractivity contribution < 1.29 is 71.9 Å². The van der Waals surface area contributed by atoms with E-state index in [1.165, 1.54) is 89.0 Å². The van der Waals surface area contributed by atoms with Gasteiger partial charge >= 0.3 is 41.8 Å². The third-order valence-electron chi connectivity index (χ3n) is 13.5. The number of nitrogens with one attached hydrogen (secondary N) is 5. The van der Waals surface area contributed by atoms with Crippen molar-refractivity contribution in [2.75, 3.05) is 69.6 Å². The molecule has 6 aromatic heterocycles. The number of H-pyrrole nitrogens is 2. The van der Waals surface area contributed by atoms with E-state index < -0.39 is 101 Å². The van der Waals surface area contributed by atoms with E-state index in [0.29, 0.717) is 33.6 Å². The van der Waals surface area contributed by atoms with Gasteiger partial charge in [-0.05, 0) is 69.3 Å². The molecule has 1 atom stereocenters. The average Bonchev–Trinajstić information content (AvgIpc) is 1.56. The number of aromatic amines is 2. The molecule has 1 aliphatic heterocycles. The summed E-state index contributed by atoms with van der Waals surface area (Å²) in [5, 5.41) is 43.9. The maximum Gasteiger partial charge on any atom is 0.422 e. The van der Waals surface area contributed by atoms with Crippen molar-refractivity contribution >= 4 is 94.8 Å². The standard InChI is InChI=1S/C27H29F3N4O5S.C18H18N6O6S.C15H11F3N8OS2/c1-26(2,3)38-25(35)19-20(27(28,29)30)24(39-33(4)5)34-22(17-13-10-14-18(15-17)32-40(6,36)37)21(31-23(19)34)16-11-8-7-9-12-16;1-22(2)18(27)30-14-13(10-6-5-7-11(8-10)21-31(4,28)29)12(9-19)24-15(14)20-16(25)23(3)17(24)26;1-6-22-23-14(28-6)29-12-9(15(16,17)18)7(4-19)10-8(5-20)11(24-26(10)12)21-13(27)25(2)3/h7-15,31-32H,1-6H3;5-8,21H,1-4H3,(H,20,25);7H,1-3H3,(H,21,24,27). The lowest BCUT2D eigenvalue weighted by Gasteiger charge is -2.20. The summed E-state index contributed by atoms with van der Waals surface area (Å²) in [6.45, 7) is 6.31. The molecule has 9 aromatic rings. The zero-order valence-corrected chi connectivity index (χ0v) is 58.0. The predicted molar refractivity (Wildman–Crippen MR) is 355 cm³/mol. The number of hydrogen-bond acceptors (Lipinski definition) is 21. The third-order valence-corrected chi connectivity index (χ3v) is 16.7. The van der Waals surface area contributed by atoms with Gasteiger partial charge in [0.15, 0.2) is 21.6 Å². The number of hydrogen-bond donors (Lipinski definition) is 5. The smallest absolute Gasteiger partial charge is 0.422 e. The molecule has 0 fully saturated rings. The van der Waals surface area contributed by atoms with Crippen molar-refractivity contribution in [3.63, 3.8) is 0 Å². The van der Waals surface area contributed by atoms with Gasteiger partial charge in [-0.2, -0.15) is 42.1 Å². The Morgan fingerprint density at radius 1 is 0.760 bits per heavy atom. The Kier molecular flexibility index (Phi) is 21.2. The van der Waals surface area contributed by atoms with Crippen LogP contribution in [0.3, 0.4) is 0 Å². The quantitative estimate of drug-likeness (QED) is 0.0384. The van der Waals surface area contributed by atoms with Gasteiger partial charge in [0.25, 0.3) is 0 Å². The minimum absolute atomic E-state index is 0.0359. The van der Waals surface area contributed by atoms with Gasteiger partial charge in [0.1, 0.15) is 61.7 Å². The number of urea groups is 1. The molecule has 7 heterocycles. The summed E-state index contributed by atoms with van der Waals surface area (Å²) in [5.74, 6) is -4.08. The number of hydroxylamine groups is 2. The normalized spacial score (nSPS) is 13.1. The van der Waals surface area contributed by atoms with Gasteiger partial charge in [0, 0.05) is 71.8 Å². The maximum absolute atomic E-state index is 14.7. The summed E-state index contributed by atoms with van der Waals surface area (Å²) in [6, 6.07) is 25.5. The zero-order valence-electron chi connectivity index (χ0n) is 54.7. The number of imidazole rings is 1. The highest BCUT2D eigenvalue weighted by Crippen LogP contribution is 2.53. The summed E-state index contributed by atoms with van der Waals surface area (Å²) in [4.78, 5) is 75.8. The second kappa shape index (κ2) is 28.4. The fourth-order valence-corrected chi connectivity index (χ4v) is 12.8. The number of nitrogens with zero attached hydrogens (tertiary/aromatic N) is 13. The first-order valence-electron chi connectivity index (χ1n) is 28.5. The number of ether oxygens (including phenoxy) is 2. The second-order valence-electron chi connectivity index (χ2n) is 23.1. The van der Waals surface area contributed by atoms with Crippen molar-refractivity contribution in [3.8, 4) is 63.5 Å². The molecule has 0 aliphatic carbocycles. The zero-order chi connectivity index (χ0) is 74.2. The number of thioether (sulfide) groups is 1. The number of aromatic nitrogens is 9. The lowest BCUT2D eigenvalue weighted by atomic mass is 9.97. The van der Waals surface area contributed by atoms with E-state index in [9.17, 15) is 82.9 Å². The Labute approximate surface area is 572 Å². The molecule has 526 valence electrons. The summed E-state index contributed by atoms with van der Waals surface area (Å²) in [6.07, 6.45) is -8.70. The summed E-state index contributed by atoms with van der Waals surface area (Å²) < 4.78 is 152. The molecule has 0 spiro atoms. The molecule has 5 N–H and O–H groups in total. The summed E-state index contributed by atoms with van der Waals surface area (Å²) in [5.41, 5.74) is -4.81. The molecule has 0 saturated carbocycles. The number of alkyl halides is 6. The van der Waals surface area contributed by atoms with Crippen LogP contribution in [0.4, 0.5) is 53.1 Å². The number of esters is 1. The Bertz CT molecular complexity index is 5270. The van der Waals surface area contributed by atoms with Gasteiger partial charge in [-0.25, -0.2) is 54.5 Å². The summed E-state index contributed by atoms with van der Waals surface area (Å²) >= 11 is 1.72. The number of carbonyl (C=O) groups excluding carboxylic acids is 3. The van der Waals surface area contributed by atoms with Crippen LogP contribution < -0.4 is 35.7 Å². The highest BCUT2D eigenvalue weighted by molar-refractivity contribution is 8.09. The largest absolute Gasteiger partial charge is 0.456 e. The SMILES string of the molecule is CN(C)C(=O)Oc1c(-c2cccc(NS(C)(=O)=O)c2)c(C#N)n2c(=O)n(C)c(=O)[nH]c12.CN(C)Oc1c(C(F)(F)F)c(C(=O)OC(C)(C)C)c2[nH]c(-c3ccccc3)c(-c3cccc(NS(C)(=O)=O)c3)n12.Cc1nnc(SC2=C(C(F)(F)F)C(C#N)c3c(C#N)c(NC(=O)N(C)C)nn32)s1. The molecular weight excluding hydrogens is 1410 g/mol. The van der Waals surface area contributed by atoms with Gasteiger partial charge < -0.3 is 29.1 Å². The van der Waals surface area contributed by atoms with Crippen LogP contribution >= 0.6 is 23.1 Å². The van der Waals surface area contributed by atoms with Gasteiger partial charge in [0.05, 0.1) is 46.8 Å². The number of carbonyl (C=O) groups is 3. The van der Waals surface area contributed by atoms with Crippen LogP contribution in [0.15, 0.2) is 98.4 Å². The van der Waals surface area contributed by atoms with Crippen molar-refractivity contribution in [1.82, 2.24) is 58.2 Å². The van der Waals surface area contributed by atoms with E-state index in [4.69, 9.17) is 14.3 Å². The predicted octanol–water partition coefficient (Wildman–Crippen LogP) is 9.25. The number of nitriles is 3. The molecule has 0 radical (unpaired) electrons. The van der Waals surface area contributed by atoms with E-state index in [0.717, 1.165) is 47.5 Å². The molecule has 1 aliphatic rings. The first kappa shape index (κ1) is 74.7. The maximum atomic E-state index is 14.7. The van der Waals surface area contributed by atoms with E-state index in [-0.39, 0.29) is 72.3 Å². The lowest BCUT2D eigenvalue weighted by molar-refractivity contribution is -0.142. The number of anilines is 3. The second-order valence-corrected chi connectivity index (χ2v) is 29.0. The van der Waals surface area contributed by atoms with Crippen LogP contribution in [-0.4, -0.2) is 160 Å². The summed E-state index contributed by atoms with van der Waals surface area (Å²) in [7, 11) is 2.58. The topological polar surface area (TPSA) is 387 Å². The average molecular weight is 1470 g/mol. The molecule has 100 heavy (non-hydrogen) atoms. The minimum Gasteiger partial charge on any atom is -0.456 e. The van der Waals surface area contributed by atoms with Crippen LogP contribution in [0.2, 0.25) is 0 Å². The number of sulfonamides is 2. The molecule has 40 heteroatoms. The molecule has 0 saturated heterocycles. The van der Waals surface area contributed by atoms with Gasteiger partial charge in [-0.3, -0.25) is 24.1 Å². The monoisotopic (exact) mass is 1460 g/mol. The number of aryl methyl sites for hydroxylation is 1. The Morgan fingerprint density at radius 3 is 1.85 bits per heavy atom. The van der Waals surface area contributed by atoms with Crippen LogP contribution in [0.5, 0.6) is 11.6 Å². The van der Waals surface area contributed by atoms with Crippen LogP contribution in [0, 0.1) is 40.9 Å². The van der Waals surface area contributed by atoms with Crippen LogP contribution in [0.1, 0.15) is 64.6 Å². The highest BCUT2D eigenvalue weighted by Gasteiger charge is 2.51. The van der Waals surface area contributed by atoms with E-state index in [1.807, 2.05) is 6.07 Å². The van der Waals surface area contributed by atoms with E-state index >= 15 is 0 Å². The molecular formula is C60H58F6N18O12S4. The number of halogens is 6. The molecule has 10 rings (SSSR count). The molecule has 0 bridgehead atoms. The number of amides is 3. The highest BCUT2D eigenvalue weighted by atomic mass is 32.2.